The Kier molecular flexibility index (Phi) is 1.20. The van der Waals surface area contributed by atoms with E-state index in [1.54, 1.807) is 12.3 Å². The van der Waals surface area contributed by atoms with Crippen molar-refractivity contribution in [1.82, 2.24) is 0 Å². The minimum absolute atomic E-state index is 0.778. The summed E-state index contributed by atoms with van der Waals surface area (Å²) in [6.07, 6.45) is 4.48. The lowest BCUT2D eigenvalue weighted by Crippen LogP contribution is -1.93. The van der Waals surface area contributed by atoms with Gasteiger partial charge in [-0.25, -0.2) is 4.39 Å². The SMILES string of the molecule is F[C@H]1C=CCC=N1. The Hall–Kier alpha value is -0.660. The molecule has 0 bridgehead atoms. The van der Waals surface area contributed by atoms with E-state index in [0.717, 1.165) is 6.42 Å². The maximum atomic E-state index is 11.9. The van der Waals surface area contributed by atoms with Crippen LogP contribution in [0.1, 0.15) is 6.42 Å². The summed E-state index contributed by atoms with van der Waals surface area (Å²) in [6, 6.07) is 0. The molecule has 1 nitrogen and oxygen atoms in total. The number of alkyl halides is 1. The van der Waals surface area contributed by atoms with Crippen LogP contribution in [-0.4, -0.2) is 12.5 Å². The lowest BCUT2D eigenvalue weighted by atomic mass is 10.3. The summed E-state index contributed by atoms with van der Waals surface area (Å²) < 4.78 is 11.9. The Morgan fingerprint density at radius 2 is 2.57 bits per heavy atom. The van der Waals surface area contributed by atoms with Gasteiger partial charge < -0.3 is 0 Å². The molecular formula is C5H6FN. The van der Waals surface area contributed by atoms with E-state index in [2.05, 4.69) is 4.99 Å². The molecule has 38 valence electrons. The predicted octanol–water partition coefficient (Wildman–Crippen LogP) is 1.31. The molecule has 0 spiro atoms. The zero-order chi connectivity index (χ0) is 5.11. The summed E-state index contributed by atoms with van der Waals surface area (Å²) in [6.45, 7) is 0. The van der Waals surface area contributed by atoms with Crippen LogP contribution in [0, 0.1) is 0 Å². The molecule has 0 aromatic carbocycles. The van der Waals surface area contributed by atoms with Crippen molar-refractivity contribution in [3.63, 3.8) is 0 Å². The normalized spacial score (nSPS) is 28.4. The molecule has 1 heterocycles. The maximum Gasteiger partial charge on any atom is 0.207 e. The smallest absolute Gasteiger partial charge is 0.207 e. The standard InChI is InChI=1S/C5H6FN/c6-5-3-1-2-4-7-5/h1,3-5H,2H2/t5-/m1/s1. The second kappa shape index (κ2) is 1.87. The Morgan fingerprint density at radius 1 is 1.71 bits per heavy atom. The van der Waals surface area contributed by atoms with Crippen molar-refractivity contribution >= 4 is 6.21 Å². The van der Waals surface area contributed by atoms with E-state index in [0.29, 0.717) is 0 Å². The second-order valence-electron chi connectivity index (χ2n) is 1.37. The largest absolute Gasteiger partial charge is 0.257 e. The van der Waals surface area contributed by atoms with E-state index in [4.69, 9.17) is 0 Å². The minimum Gasteiger partial charge on any atom is -0.257 e. The molecule has 1 rings (SSSR count). The van der Waals surface area contributed by atoms with Gasteiger partial charge in [0.2, 0.25) is 6.30 Å². The molecule has 0 amide bonds. The summed E-state index contributed by atoms with van der Waals surface area (Å²) in [5.74, 6) is 0. The van der Waals surface area contributed by atoms with Crippen molar-refractivity contribution in [2.75, 3.05) is 0 Å². The van der Waals surface area contributed by atoms with E-state index in [1.807, 2.05) is 0 Å². The van der Waals surface area contributed by atoms with Crippen molar-refractivity contribution in [2.24, 2.45) is 4.99 Å². The fourth-order valence-electron chi connectivity index (χ4n) is 0.463. The molecule has 2 heteroatoms. The van der Waals surface area contributed by atoms with E-state index < -0.39 is 6.30 Å². The van der Waals surface area contributed by atoms with Gasteiger partial charge >= 0.3 is 0 Å². The average Bonchev–Trinajstić information content (AvgIpc) is 1.69. The topological polar surface area (TPSA) is 12.4 Å². The molecule has 0 N–H and O–H groups in total. The lowest BCUT2D eigenvalue weighted by molar-refractivity contribution is 0.413. The molecule has 1 aliphatic rings. The summed E-state index contributed by atoms with van der Waals surface area (Å²) in [5, 5.41) is 0. The minimum atomic E-state index is -1.08. The number of aliphatic imine (C=N–C) groups is 1. The average molecular weight is 99.1 g/mol. The summed E-state index contributed by atoms with van der Waals surface area (Å²) >= 11 is 0. The quantitative estimate of drug-likeness (QED) is 0.321. The number of hydrogen-bond acceptors (Lipinski definition) is 1. The third-order valence-electron chi connectivity index (χ3n) is 0.784. The van der Waals surface area contributed by atoms with Gasteiger partial charge in [-0.1, -0.05) is 6.08 Å². The molecule has 1 atom stereocenters. The monoisotopic (exact) mass is 99.0 g/mol. The summed E-state index contributed by atoms with van der Waals surface area (Å²) in [4.78, 5) is 3.45. The van der Waals surface area contributed by atoms with Gasteiger partial charge in [-0.2, -0.15) is 0 Å². The highest BCUT2D eigenvalue weighted by atomic mass is 19.1. The number of hydrogen-bond donors (Lipinski definition) is 0. The van der Waals surface area contributed by atoms with Gasteiger partial charge in [-0.3, -0.25) is 4.99 Å². The third-order valence-corrected chi connectivity index (χ3v) is 0.784. The first-order chi connectivity index (χ1) is 3.39. The van der Waals surface area contributed by atoms with E-state index >= 15 is 0 Å². The molecule has 0 saturated carbocycles. The van der Waals surface area contributed by atoms with Crippen LogP contribution in [0.4, 0.5) is 4.39 Å². The van der Waals surface area contributed by atoms with Crippen LogP contribution in [0.3, 0.4) is 0 Å². The van der Waals surface area contributed by atoms with Crippen LogP contribution in [0.15, 0.2) is 17.1 Å². The number of dihydropyridines is 1. The van der Waals surface area contributed by atoms with Crippen molar-refractivity contribution in [3.8, 4) is 0 Å². The highest BCUT2D eigenvalue weighted by Crippen LogP contribution is 1.99. The molecule has 0 aliphatic carbocycles. The Labute approximate surface area is 41.6 Å². The molecule has 0 unspecified atom stereocenters. The molecule has 7 heavy (non-hydrogen) atoms. The molecule has 0 aromatic rings. The zero-order valence-corrected chi connectivity index (χ0v) is 3.84. The van der Waals surface area contributed by atoms with E-state index in [-0.39, 0.29) is 0 Å². The van der Waals surface area contributed by atoms with Crippen LogP contribution in [0.2, 0.25) is 0 Å². The zero-order valence-electron chi connectivity index (χ0n) is 3.84. The van der Waals surface area contributed by atoms with Crippen molar-refractivity contribution in [3.05, 3.63) is 12.2 Å². The number of halogens is 1. The van der Waals surface area contributed by atoms with Crippen molar-refractivity contribution < 1.29 is 4.39 Å². The maximum absolute atomic E-state index is 11.9. The number of rotatable bonds is 0. The number of nitrogens with zero attached hydrogens (tertiary/aromatic N) is 1. The first kappa shape index (κ1) is 4.50. The molecule has 1 aliphatic heterocycles. The van der Waals surface area contributed by atoms with Crippen LogP contribution in [0.25, 0.3) is 0 Å². The van der Waals surface area contributed by atoms with Crippen molar-refractivity contribution in [2.45, 2.75) is 12.7 Å². The van der Waals surface area contributed by atoms with Gasteiger partial charge in [0.15, 0.2) is 0 Å². The number of allylic oxidation sites excluding steroid dienone is 1. The van der Waals surface area contributed by atoms with E-state index in [1.165, 1.54) is 6.08 Å². The molecule has 0 fully saturated rings. The fourth-order valence-corrected chi connectivity index (χ4v) is 0.463. The van der Waals surface area contributed by atoms with Gasteiger partial charge in [0.05, 0.1) is 0 Å². The van der Waals surface area contributed by atoms with Gasteiger partial charge in [-0.15, -0.1) is 0 Å². The van der Waals surface area contributed by atoms with Crippen LogP contribution >= 0.6 is 0 Å². The Bertz CT molecular complexity index is 94.6. The summed E-state index contributed by atoms with van der Waals surface area (Å²) in [7, 11) is 0. The molecular weight excluding hydrogens is 93.1 g/mol. The van der Waals surface area contributed by atoms with Crippen molar-refractivity contribution in [1.29, 1.82) is 0 Å². The highest BCUT2D eigenvalue weighted by Gasteiger charge is 1.95. The fraction of sp³-hybridized carbons (Fsp3) is 0.400. The van der Waals surface area contributed by atoms with Gasteiger partial charge in [0, 0.05) is 12.6 Å². The second-order valence-corrected chi connectivity index (χ2v) is 1.37. The predicted molar refractivity (Wildman–Crippen MR) is 27.1 cm³/mol. The van der Waals surface area contributed by atoms with Gasteiger partial charge in [0.25, 0.3) is 0 Å². The Balaban J connectivity index is 2.49. The molecule has 0 aromatic heterocycles. The highest BCUT2D eigenvalue weighted by molar-refractivity contribution is 5.61. The first-order valence-corrected chi connectivity index (χ1v) is 2.22. The van der Waals surface area contributed by atoms with Crippen LogP contribution in [0.5, 0.6) is 0 Å². The first-order valence-electron chi connectivity index (χ1n) is 2.22. The summed E-state index contributed by atoms with van der Waals surface area (Å²) in [5.41, 5.74) is 0. The molecule has 0 saturated heterocycles. The van der Waals surface area contributed by atoms with Gasteiger partial charge in [-0.05, 0) is 6.08 Å². The van der Waals surface area contributed by atoms with E-state index in [9.17, 15) is 4.39 Å². The van der Waals surface area contributed by atoms with Crippen LogP contribution in [-0.2, 0) is 0 Å². The van der Waals surface area contributed by atoms with Gasteiger partial charge in [0.1, 0.15) is 0 Å². The lowest BCUT2D eigenvalue weighted by Gasteiger charge is -1.96. The third kappa shape index (κ3) is 1.11. The molecule has 0 radical (unpaired) electrons. The van der Waals surface area contributed by atoms with Crippen LogP contribution < -0.4 is 0 Å². The Morgan fingerprint density at radius 3 is 2.86 bits per heavy atom.